The van der Waals surface area contributed by atoms with Gasteiger partial charge in [-0.2, -0.15) is 0 Å². The van der Waals surface area contributed by atoms with E-state index < -0.39 is 143 Å². The molecule has 47 heavy (non-hydrogen) atoms. The molecule has 276 valence electrons. The maximum atomic E-state index is 11.1. The second-order valence-corrected chi connectivity index (χ2v) is 11.4. The Balaban J connectivity index is 1.74. The summed E-state index contributed by atoms with van der Waals surface area (Å²) in [5.74, 6) is 0.170. The van der Waals surface area contributed by atoms with Crippen molar-refractivity contribution in [1.82, 2.24) is 0 Å². The minimum atomic E-state index is -2.34. The van der Waals surface area contributed by atoms with Gasteiger partial charge in [-0.3, -0.25) is 0 Å². The number of aliphatic imine (C=N–C) groups is 1. The van der Waals surface area contributed by atoms with Gasteiger partial charge in [0.15, 0.2) is 24.8 Å². The third-order valence-corrected chi connectivity index (χ3v) is 8.05. The summed E-state index contributed by atoms with van der Waals surface area (Å²) < 4.78 is 32.1. The van der Waals surface area contributed by atoms with E-state index in [1.54, 1.807) is 0 Å². The lowest BCUT2D eigenvalue weighted by Crippen LogP contribution is -2.62. The average Bonchev–Trinajstić information content (AvgIpc) is 3.43. The van der Waals surface area contributed by atoms with Crippen molar-refractivity contribution in [2.24, 2.45) is 4.99 Å². The molecule has 2 saturated heterocycles. The predicted octanol–water partition coefficient (Wildman–Crippen LogP) is -8.32. The molecule has 0 aliphatic carbocycles. The lowest BCUT2D eigenvalue weighted by Gasteiger charge is -2.43. The fraction of sp³-hybridized carbons (Fsp3) is 0.962. The van der Waals surface area contributed by atoms with Crippen LogP contribution in [0.25, 0.3) is 0 Å². The molecule has 0 radical (unpaired) electrons. The summed E-state index contributed by atoms with van der Waals surface area (Å²) in [6, 6.07) is -1.03. The number of aliphatic hydroxyl groups is 14. The topological polar surface area (TPSA) is 351 Å². The quantitative estimate of drug-likeness (QED) is 0.0592. The van der Waals surface area contributed by atoms with Gasteiger partial charge < -0.3 is 99.9 Å². The number of nitrogens with zero attached hydrogens (tertiary/aromatic N) is 1. The van der Waals surface area contributed by atoms with Crippen LogP contribution in [0.2, 0.25) is 0 Å². The second-order valence-electron chi connectivity index (χ2n) is 11.4. The zero-order valence-electron chi connectivity index (χ0n) is 25.3. The van der Waals surface area contributed by atoms with Crippen LogP contribution in [0.5, 0.6) is 0 Å². The van der Waals surface area contributed by atoms with Crippen LogP contribution < -0.4 is 0 Å². The lowest BCUT2D eigenvalue weighted by atomic mass is 9.97. The van der Waals surface area contributed by atoms with Gasteiger partial charge in [-0.25, -0.2) is 4.99 Å². The van der Waals surface area contributed by atoms with Crippen molar-refractivity contribution in [3.05, 3.63) is 0 Å². The molecule has 0 aromatic carbocycles. The Morgan fingerprint density at radius 2 is 1.36 bits per heavy atom. The Bertz CT molecular complexity index is 963. The smallest absolute Gasteiger partial charge is 0.227 e. The van der Waals surface area contributed by atoms with E-state index >= 15 is 0 Å². The van der Waals surface area contributed by atoms with Crippen molar-refractivity contribution in [3.8, 4) is 0 Å². The molecule has 0 spiro atoms. The fourth-order valence-electron chi connectivity index (χ4n) is 5.27. The Kier molecular flexibility index (Phi) is 15.5. The minimum absolute atomic E-state index is 0.170. The zero-order chi connectivity index (χ0) is 35.2. The average molecular weight is 694 g/mol. The molecule has 0 aromatic heterocycles. The first-order valence-corrected chi connectivity index (χ1v) is 14.9. The fourth-order valence-corrected chi connectivity index (χ4v) is 5.27. The maximum Gasteiger partial charge on any atom is 0.227 e. The highest BCUT2D eigenvalue weighted by atomic mass is 16.7. The number of hydrogen-bond acceptors (Lipinski definition) is 21. The second kappa shape index (κ2) is 18.1. The van der Waals surface area contributed by atoms with Crippen molar-refractivity contribution in [1.29, 1.82) is 0 Å². The maximum absolute atomic E-state index is 11.1. The normalized spacial score (nSPS) is 37.9. The molecule has 0 aromatic rings. The van der Waals surface area contributed by atoms with E-state index in [9.17, 15) is 66.4 Å². The Morgan fingerprint density at radius 3 is 1.98 bits per heavy atom. The highest BCUT2D eigenvalue weighted by Gasteiger charge is 2.52. The number of fused-ring (bicyclic) bond motifs is 1. The van der Waals surface area contributed by atoms with Crippen LogP contribution in [0.1, 0.15) is 19.8 Å². The van der Waals surface area contributed by atoms with Crippen molar-refractivity contribution < 1.29 is 99.9 Å². The minimum Gasteiger partial charge on any atom is -0.450 e. The van der Waals surface area contributed by atoms with Crippen molar-refractivity contribution >= 4 is 5.90 Å². The monoisotopic (exact) mass is 693 g/mol. The first-order valence-electron chi connectivity index (χ1n) is 14.9. The van der Waals surface area contributed by atoms with E-state index in [1.165, 1.54) is 6.92 Å². The third kappa shape index (κ3) is 9.70. The van der Waals surface area contributed by atoms with Crippen LogP contribution >= 0.6 is 0 Å². The molecule has 18 atom stereocenters. The predicted molar refractivity (Wildman–Crippen MR) is 148 cm³/mol. The van der Waals surface area contributed by atoms with Gasteiger partial charge in [0, 0.05) is 13.5 Å². The van der Waals surface area contributed by atoms with E-state index in [-0.39, 0.29) is 12.3 Å². The molecule has 2 fully saturated rings. The molecule has 3 heterocycles. The van der Waals surface area contributed by atoms with Gasteiger partial charge in [0.25, 0.3) is 0 Å². The Labute approximate surface area is 268 Å². The van der Waals surface area contributed by atoms with E-state index in [4.69, 9.17) is 33.5 Å². The Hall–Kier alpha value is -1.29. The summed E-state index contributed by atoms with van der Waals surface area (Å²) >= 11 is 0. The highest BCUT2D eigenvalue weighted by molar-refractivity contribution is 5.75. The SMILES string of the molecule is CC1=NC2[C@@H](O1)OC(CO)[C@@H](O[C@H](O)C(O)[C@@H](O[C@H]1O[C@@H](CO)[C@@H](O)C(O)C1O)[C@H](O)CCO[C@@H](O)[C@H](O)C(O)[C@H](O)CCO)[C@@H]2O. The zero-order valence-corrected chi connectivity index (χ0v) is 25.3. The summed E-state index contributed by atoms with van der Waals surface area (Å²) in [5, 5.41) is 142. The van der Waals surface area contributed by atoms with Gasteiger partial charge in [0.2, 0.25) is 6.29 Å². The van der Waals surface area contributed by atoms with Crippen LogP contribution in [0, 0.1) is 0 Å². The summed E-state index contributed by atoms with van der Waals surface area (Å²) in [7, 11) is 0. The summed E-state index contributed by atoms with van der Waals surface area (Å²) in [4.78, 5) is 4.08. The van der Waals surface area contributed by atoms with Crippen molar-refractivity contribution in [2.75, 3.05) is 26.4 Å². The summed E-state index contributed by atoms with van der Waals surface area (Å²) in [6.45, 7) is -1.26. The molecule has 0 bridgehead atoms. The number of rotatable bonds is 18. The number of ether oxygens (including phenoxy) is 6. The van der Waals surface area contributed by atoms with Crippen LogP contribution in [0.4, 0.5) is 0 Å². The van der Waals surface area contributed by atoms with Gasteiger partial charge in [-0.05, 0) is 12.8 Å². The molecule has 3 aliphatic rings. The van der Waals surface area contributed by atoms with E-state index in [0.717, 1.165) is 0 Å². The molecule has 21 heteroatoms. The van der Waals surface area contributed by atoms with Gasteiger partial charge in [-0.15, -0.1) is 0 Å². The molecule has 0 saturated carbocycles. The molecule has 14 N–H and O–H groups in total. The summed E-state index contributed by atoms with van der Waals surface area (Å²) in [6.07, 6.45) is -31.7. The number of aliphatic hydroxyl groups excluding tert-OH is 14. The Morgan fingerprint density at radius 1 is 0.702 bits per heavy atom. The van der Waals surface area contributed by atoms with Gasteiger partial charge in [0.05, 0.1) is 32.0 Å². The van der Waals surface area contributed by atoms with Gasteiger partial charge >= 0.3 is 0 Å². The van der Waals surface area contributed by atoms with Crippen LogP contribution in [-0.4, -0.2) is 214 Å². The molecule has 3 rings (SSSR count). The van der Waals surface area contributed by atoms with E-state index in [2.05, 4.69) is 4.99 Å². The van der Waals surface area contributed by atoms with E-state index in [1.807, 2.05) is 0 Å². The third-order valence-electron chi connectivity index (χ3n) is 8.05. The van der Waals surface area contributed by atoms with Crippen LogP contribution in [0.15, 0.2) is 4.99 Å². The first kappa shape index (κ1) is 40.1. The molecule has 21 nitrogen and oxygen atoms in total. The highest BCUT2D eigenvalue weighted by Crippen LogP contribution is 2.32. The molecule has 0 amide bonds. The van der Waals surface area contributed by atoms with Crippen LogP contribution in [-0.2, 0) is 28.4 Å². The van der Waals surface area contributed by atoms with Crippen LogP contribution in [0.3, 0.4) is 0 Å². The molecule has 6 unspecified atom stereocenters. The summed E-state index contributed by atoms with van der Waals surface area (Å²) in [5.41, 5.74) is 0. The van der Waals surface area contributed by atoms with E-state index in [0.29, 0.717) is 0 Å². The van der Waals surface area contributed by atoms with Gasteiger partial charge in [-0.1, -0.05) is 0 Å². The van der Waals surface area contributed by atoms with Crippen molar-refractivity contribution in [3.63, 3.8) is 0 Å². The standard InChI is InChI=1S/C26H47NO20/c1-8-27-13-16(35)22(12(7-30)45-25(13)43-8)46-24(41)20(39)21(47-26-19(38)17(36)15(34)11(6-29)44-26)10(32)3-5-42-23(40)18(37)14(33)9(31)2-4-28/h9-26,28-41H,2-7H2,1H3/t9-,10-,11+,12?,13?,14?,15-,16-,17?,18-,19?,20?,21+,22-,23-,24+,25+,26-/m1/s1. The molecular weight excluding hydrogens is 646 g/mol. The van der Waals surface area contributed by atoms with Crippen molar-refractivity contribution in [2.45, 2.75) is 130 Å². The molecular formula is C26H47NO20. The first-order chi connectivity index (χ1) is 22.2. The number of hydrogen-bond donors (Lipinski definition) is 14. The molecule has 3 aliphatic heterocycles. The largest absolute Gasteiger partial charge is 0.450 e. The lowest BCUT2D eigenvalue weighted by molar-refractivity contribution is -0.339. The van der Waals surface area contributed by atoms with Gasteiger partial charge in [0.1, 0.15) is 73.2 Å².